The molecule has 3 rings (SSSR count). The van der Waals surface area contributed by atoms with Crippen molar-refractivity contribution in [3.05, 3.63) is 11.7 Å². The van der Waals surface area contributed by atoms with Gasteiger partial charge in [0.25, 0.3) is 0 Å². The average molecular weight is 309 g/mol. The largest absolute Gasteiger partial charge is 0.384 e. The molecule has 2 aliphatic heterocycles. The quantitative estimate of drug-likeness (QED) is 0.816. The van der Waals surface area contributed by atoms with Crippen LogP contribution in [0.3, 0.4) is 0 Å². The van der Waals surface area contributed by atoms with E-state index < -0.39 is 0 Å². The smallest absolute Gasteiger partial charge is 0.246 e. The summed E-state index contributed by atoms with van der Waals surface area (Å²) in [6.07, 6.45) is 5.03. The van der Waals surface area contributed by atoms with Crippen molar-refractivity contribution in [2.24, 2.45) is 0 Å². The molecule has 0 N–H and O–H groups in total. The highest BCUT2D eigenvalue weighted by molar-refractivity contribution is 5.76. The standard InChI is InChI=1S/C15H23N3O4/c1-20-10-4-12-16-13(22-17-12)11-18-8-7-15(5-2-9-21-15)6-3-14(18)19/h2-11H2,1H3/t15-/m1/s1. The number of methoxy groups -OCH3 is 1. The topological polar surface area (TPSA) is 77.7 Å². The molecule has 0 bridgehead atoms. The fourth-order valence-electron chi connectivity index (χ4n) is 3.21. The average Bonchev–Trinajstić information content (AvgIpc) is 3.13. The first kappa shape index (κ1) is 15.4. The number of hydrogen-bond donors (Lipinski definition) is 0. The molecule has 122 valence electrons. The number of aromatic nitrogens is 2. The van der Waals surface area contributed by atoms with Crippen LogP contribution in [0.4, 0.5) is 0 Å². The molecule has 22 heavy (non-hydrogen) atoms. The van der Waals surface area contributed by atoms with Gasteiger partial charge in [0.15, 0.2) is 5.82 Å². The van der Waals surface area contributed by atoms with Crippen molar-refractivity contribution in [3.63, 3.8) is 0 Å². The van der Waals surface area contributed by atoms with Gasteiger partial charge in [-0.2, -0.15) is 4.98 Å². The van der Waals surface area contributed by atoms with Crippen molar-refractivity contribution < 1.29 is 18.8 Å². The number of hydrogen-bond acceptors (Lipinski definition) is 6. The third-order valence-corrected chi connectivity index (χ3v) is 4.54. The lowest BCUT2D eigenvalue weighted by molar-refractivity contribution is -0.131. The molecule has 0 unspecified atom stereocenters. The molecule has 0 aromatic carbocycles. The van der Waals surface area contributed by atoms with E-state index in [9.17, 15) is 4.79 Å². The second-order valence-corrected chi connectivity index (χ2v) is 6.05. The Morgan fingerprint density at radius 3 is 3.05 bits per heavy atom. The van der Waals surface area contributed by atoms with Crippen molar-refractivity contribution in [3.8, 4) is 0 Å². The van der Waals surface area contributed by atoms with Crippen molar-refractivity contribution in [1.82, 2.24) is 15.0 Å². The Labute approximate surface area is 129 Å². The van der Waals surface area contributed by atoms with Crippen molar-refractivity contribution >= 4 is 5.91 Å². The molecule has 3 heterocycles. The van der Waals surface area contributed by atoms with Crippen LogP contribution in [0.25, 0.3) is 0 Å². The van der Waals surface area contributed by atoms with Crippen LogP contribution in [-0.2, 0) is 27.2 Å². The van der Waals surface area contributed by atoms with Gasteiger partial charge in [-0.3, -0.25) is 4.79 Å². The second-order valence-electron chi connectivity index (χ2n) is 6.05. The van der Waals surface area contributed by atoms with E-state index in [-0.39, 0.29) is 11.5 Å². The minimum atomic E-state index is -0.0805. The Morgan fingerprint density at radius 1 is 1.36 bits per heavy atom. The first-order chi connectivity index (χ1) is 10.7. The van der Waals surface area contributed by atoms with E-state index in [0.717, 1.165) is 32.3 Å². The maximum absolute atomic E-state index is 12.3. The van der Waals surface area contributed by atoms with Crippen molar-refractivity contribution in [1.29, 1.82) is 0 Å². The van der Waals surface area contributed by atoms with E-state index in [4.69, 9.17) is 14.0 Å². The third-order valence-electron chi connectivity index (χ3n) is 4.54. The number of ether oxygens (including phenoxy) is 2. The number of carbonyl (C=O) groups excluding carboxylic acids is 1. The zero-order valence-electron chi connectivity index (χ0n) is 13.0. The van der Waals surface area contributed by atoms with E-state index in [0.29, 0.717) is 44.3 Å². The summed E-state index contributed by atoms with van der Waals surface area (Å²) < 4.78 is 16.1. The van der Waals surface area contributed by atoms with Gasteiger partial charge in [0.1, 0.15) is 0 Å². The van der Waals surface area contributed by atoms with Gasteiger partial charge < -0.3 is 18.9 Å². The molecule has 2 saturated heterocycles. The van der Waals surface area contributed by atoms with Crippen LogP contribution in [0.5, 0.6) is 0 Å². The maximum atomic E-state index is 12.3. The summed E-state index contributed by atoms with van der Waals surface area (Å²) in [6.45, 7) is 2.45. The highest BCUT2D eigenvalue weighted by Gasteiger charge is 2.38. The van der Waals surface area contributed by atoms with Gasteiger partial charge in [-0.05, 0) is 25.7 Å². The van der Waals surface area contributed by atoms with Gasteiger partial charge >= 0.3 is 0 Å². The van der Waals surface area contributed by atoms with Crippen LogP contribution in [-0.4, -0.2) is 53.4 Å². The summed E-state index contributed by atoms with van der Waals surface area (Å²) in [5.41, 5.74) is -0.0805. The monoisotopic (exact) mass is 309 g/mol. The molecule has 1 aromatic rings. The first-order valence-corrected chi connectivity index (χ1v) is 7.93. The number of rotatable bonds is 5. The molecule has 0 saturated carbocycles. The number of likely N-dealkylation sites (tertiary alicyclic amines) is 1. The van der Waals surface area contributed by atoms with Gasteiger partial charge in [-0.25, -0.2) is 0 Å². The zero-order chi connectivity index (χ0) is 15.4. The summed E-state index contributed by atoms with van der Waals surface area (Å²) >= 11 is 0. The van der Waals surface area contributed by atoms with Gasteiger partial charge in [0.2, 0.25) is 11.8 Å². The lowest BCUT2D eigenvalue weighted by Crippen LogP contribution is -2.32. The van der Waals surface area contributed by atoms with Gasteiger partial charge in [0.05, 0.1) is 18.8 Å². The SMILES string of the molecule is COCCc1noc(CN2CC[C@@]3(CCCO3)CCC2=O)n1. The minimum absolute atomic E-state index is 0.0805. The fraction of sp³-hybridized carbons (Fsp3) is 0.800. The van der Waals surface area contributed by atoms with E-state index >= 15 is 0 Å². The molecule has 1 aromatic heterocycles. The first-order valence-electron chi connectivity index (χ1n) is 7.93. The zero-order valence-corrected chi connectivity index (χ0v) is 13.0. The van der Waals surface area contributed by atoms with E-state index in [1.54, 1.807) is 7.11 Å². The van der Waals surface area contributed by atoms with Crippen LogP contribution in [0, 0.1) is 0 Å². The van der Waals surface area contributed by atoms with Gasteiger partial charge in [-0.15, -0.1) is 0 Å². The second kappa shape index (κ2) is 6.75. The van der Waals surface area contributed by atoms with Crippen molar-refractivity contribution in [2.45, 2.75) is 50.7 Å². The molecule has 1 atom stereocenters. The summed E-state index contributed by atoms with van der Waals surface area (Å²) in [6, 6.07) is 0. The Morgan fingerprint density at radius 2 is 2.27 bits per heavy atom. The summed E-state index contributed by atoms with van der Waals surface area (Å²) in [5.74, 6) is 1.25. The molecular weight excluding hydrogens is 286 g/mol. The highest BCUT2D eigenvalue weighted by atomic mass is 16.5. The number of amides is 1. The molecular formula is C15H23N3O4. The van der Waals surface area contributed by atoms with Crippen LogP contribution < -0.4 is 0 Å². The Bertz CT molecular complexity index is 511. The molecule has 2 fully saturated rings. The third kappa shape index (κ3) is 3.47. The minimum Gasteiger partial charge on any atom is -0.384 e. The lowest BCUT2D eigenvalue weighted by atomic mass is 9.92. The molecule has 1 amide bonds. The molecule has 0 radical (unpaired) electrons. The van der Waals surface area contributed by atoms with E-state index in [1.807, 2.05) is 4.90 Å². The van der Waals surface area contributed by atoms with Crippen LogP contribution in [0.15, 0.2) is 4.52 Å². The normalized spacial score (nSPS) is 25.9. The molecule has 0 aliphatic carbocycles. The lowest BCUT2D eigenvalue weighted by Gasteiger charge is -2.26. The van der Waals surface area contributed by atoms with E-state index in [1.165, 1.54) is 0 Å². The molecule has 7 heteroatoms. The Balaban J connectivity index is 1.59. The highest BCUT2D eigenvalue weighted by Crippen LogP contribution is 2.36. The predicted octanol–water partition coefficient (Wildman–Crippen LogP) is 1.32. The fourth-order valence-corrected chi connectivity index (χ4v) is 3.21. The summed E-state index contributed by atoms with van der Waals surface area (Å²) in [5, 5.41) is 3.91. The van der Waals surface area contributed by atoms with Gasteiger partial charge in [-0.1, -0.05) is 5.16 Å². The van der Waals surface area contributed by atoms with Gasteiger partial charge in [0, 0.05) is 33.1 Å². The Kier molecular flexibility index (Phi) is 4.73. The summed E-state index contributed by atoms with van der Waals surface area (Å²) in [7, 11) is 1.64. The van der Waals surface area contributed by atoms with Crippen LogP contribution in [0.2, 0.25) is 0 Å². The number of nitrogens with zero attached hydrogens (tertiary/aromatic N) is 3. The molecule has 7 nitrogen and oxygen atoms in total. The predicted molar refractivity (Wildman–Crippen MR) is 77.1 cm³/mol. The van der Waals surface area contributed by atoms with E-state index in [2.05, 4.69) is 10.1 Å². The number of carbonyl (C=O) groups is 1. The van der Waals surface area contributed by atoms with Crippen molar-refractivity contribution in [2.75, 3.05) is 26.9 Å². The van der Waals surface area contributed by atoms with Crippen LogP contribution in [0.1, 0.15) is 43.8 Å². The molecule has 2 aliphatic rings. The summed E-state index contributed by atoms with van der Waals surface area (Å²) in [4.78, 5) is 18.4. The maximum Gasteiger partial charge on any atom is 0.246 e. The van der Waals surface area contributed by atoms with Crippen LogP contribution >= 0.6 is 0 Å². The molecule has 1 spiro atoms. The Hall–Kier alpha value is -1.47.